The summed E-state index contributed by atoms with van der Waals surface area (Å²) < 4.78 is 5.43. The number of benzene rings is 2. The second-order valence-corrected chi connectivity index (χ2v) is 6.74. The minimum absolute atomic E-state index is 0.0988. The zero-order valence-electron chi connectivity index (χ0n) is 17.9. The van der Waals surface area contributed by atoms with Crippen LogP contribution in [0.25, 0.3) is 11.3 Å². The number of phenols is 1. The van der Waals surface area contributed by atoms with Crippen molar-refractivity contribution in [1.82, 2.24) is 15.6 Å². The van der Waals surface area contributed by atoms with Gasteiger partial charge >= 0.3 is 0 Å². The maximum atomic E-state index is 12.3. The highest BCUT2D eigenvalue weighted by Gasteiger charge is 2.11. The lowest BCUT2D eigenvalue weighted by atomic mass is 10.1. The van der Waals surface area contributed by atoms with E-state index in [1.165, 1.54) is 6.21 Å². The summed E-state index contributed by atoms with van der Waals surface area (Å²) in [6.07, 6.45) is 1.41. The number of H-pyrrole nitrogens is 1. The largest absolute Gasteiger partial charge is 0.507 e. The van der Waals surface area contributed by atoms with E-state index in [1.54, 1.807) is 18.2 Å². The number of amides is 1. The minimum atomic E-state index is -0.430. The second-order valence-electron chi connectivity index (χ2n) is 6.74. The molecule has 8 heteroatoms. The Hall–Kier alpha value is -3.81. The molecule has 3 N–H and O–H groups in total. The summed E-state index contributed by atoms with van der Waals surface area (Å²) in [4.78, 5) is 14.5. The topological polar surface area (TPSA) is 103 Å². The van der Waals surface area contributed by atoms with Crippen LogP contribution in [0.4, 0.5) is 5.69 Å². The number of phenolic OH excluding ortho intramolecular Hbond substituents is 1. The lowest BCUT2D eigenvalue weighted by Gasteiger charge is -2.21. The molecule has 0 aliphatic carbocycles. The van der Waals surface area contributed by atoms with Crippen LogP contribution < -0.4 is 15.1 Å². The van der Waals surface area contributed by atoms with E-state index in [9.17, 15) is 9.90 Å². The van der Waals surface area contributed by atoms with Crippen molar-refractivity contribution in [3.63, 3.8) is 0 Å². The lowest BCUT2D eigenvalue weighted by Crippen LogP contribution is -2.21. The zero-order valence-corrected chi connectivity index (χ0v) is 17.9. The summed E-state index contributed by atoms with van der Waals surface area (Å²) in [5.41, 5.74) is 5.67. The Labute approximate surface area is 181 Å². The van der Waals surface area contributed by atoms with Gasteiger partial charge in [0.2, 0.25) is 0 Å². The number of carbonyl (C=O) groups excluding carboxylic acids is 1. The monoisotopic (exact) mass is 421 g/mol. The van der Waals surface area contributed by atoms with Crippen LogP contribution in [0.15, 0.2) is 53.6 Å². The first-order valence-corrected chi connectivity index (χ1v) is 10.3. The number of carbonyl (C=O) groups is 1. The summed E-state index contributed by atoms with van der Waals surface area (Å²) in [6, 6.07) is 14.5. The average Bonchev–Trinajstić information content (AvgIpc) is 3.27. The van der Waals surface area contributed by atoms with Gasteiger partial charge in [0.25, 0.3) is 5.91 Å². The van der Waals surface area contributed by atoms with Crippen LogP contribution in [-0.2, 0) is 0 Å². The maximum Gasteiger partial charge on any atom is 0.289 e. The van der Waals surface area contributed by atoms with Gasteiger partial charge in [0.15, 0.2) is 0 Å². The molecule has 1 amide bonds. The van der Waals surface area contributed by atoms with E-state index in [2.05, 4.69) is 39.5 Å². The predicted molar refractivity (Wildman–Crippen MR) is 122 cm³/mol. The molecule has 0 bridgehead atoms. The fourth-order valence-corrected chi connectivity index (χ4v) is 3.12. The van der Waals surface area contributed by atoms with Gasteiger partial charge in [0, 0.05) is 36.0 Å². The van der Waals surface area contributed by atoms with Gasteiger partial charge in [-0.25, -0.2) is 5.43 Å². The van der Waals surface area contributed by atoms with Crippen molar-refractivity contribution < 1.29 is 14.6 Å². The summed E-state index contributed by atoms with van der Waals surface area (Å²) in [7, 11) is 0. The SMILES string of the molecule is CCOc1ccc(-c2cc(C(=O)N/N=C\c3ccc(N(CC)CC)cc3O)[nH]n2)cc1. The van der Waals surface area contributed by atoms with Gasteiger partial charge in [-0.1, -0.05) is 0 Å². The number of hydrazone groups is 1. The van der Waals surface area contributed by atoms with Crippen molar-refractivity contribution in [2.24, 2.45) is 5.10 Å². The molecular weight excluding hydrogens is 394 g/mol. The summed E-state index contributed by atoms with van der Waals surface area (Å²) in [6.45, 7) is 8.34. The van der Waals surface area contributed by atoms with Crippen LogP contribution in [0.2, 0.25) is 0 Å². The van der Waals surface area contributed by atoms with E-state index in [1.807, 2.05) is 37.3 Å². The second kappa shape index (κ2) is 10.3. The molecule has 0 radical (unpaired) electrons. The van der Waals surface area contributed by atoms with Crippen LogP contribution in [0.5, 0.6) is 11.5 Å². The zero-order chi connectivity index (χ0) is 22.2. The molecular formula is C23H27N5O3. The number of hydrogen-bond donors (Lipinski definition) is 3. The fraction of sp³-hybridized carbons (Fsp3) is 0.261. The molecule has 0 spiro atoms. The van der Waals surface area contributed by atoms with Crippen molar-refractivity contribution in [2.75, 3.05) is 24.6 Å². The third-order valence-electron chi connectivity index (χ3n) is 4.80. The van der Waals surface area contributed by atoms with E-state index in [0.29, 0.717) is 17.9 Å². The molecule has 2 aromatic carbocycles. The quantitative estimate of drug-likeness (QED) is 0.360. The highest BCUT2D eigenvalue weighted by atomic mass is 16.5. The van der Waals surface area contributed by atoms with Crippen LogP contribution in [-0.4, -0.2) is 47.1 Å². The van der Waals surface area contributed by atoms with Crippen molar-refractivity contribution >= 4 is 17.8 Å². The molecule has 162 valence electrons. The Bertz CT molecular complexity index is 1040. The molecule has 0 aliphatic rings. The first-order chi connectivity index (χ1) is 15.0. The number of aromatic hydroxyl groups is 1. The molecule has 0 aliphatic heterocycles. The Morgan fingerprint density at radius 2 is 1.90 bits per heavy atom. The number of nitrogens with one attached hydrogen (secondary N) is 2. The highest BCUT2D eigenvalue weighted by molar-refractivity contribution is 5.94. The summed E-state index contributed by atoms with van der Waals surface area (Å²) >= 11 is 0. The normalized spacial score (nSPS) is 10.9. The van der Waals surface area contributed by atoms with Gasteiger partial charge in [-0.05, 0) is 63.2 Å². The number of anilines is 1. The molecule has 0 fully saturated rings. The van der Waals surface area contributed by atoms with E-state index in [-0.39, 0.29) is 11.4 Å². The minimum Gasteiger partial charge on any atom is -0.507 e. The van der Waals surface area contributed by atoms with Crippen LogP contribution in [0, 0.1) is 0 Å². The molecule has 1 heterocycles. The molecule has 1 aromatic heterocycles. The number of hydrogen-bond acceptors (Lipinski definition) is 6. The number of ether oxygens (including phenoxy) is 1. The van der Waals surface area contributed by atoms with E-state index in [0.717, 1.165) is 30.1 Å². The Kier molecular flexibility index (Phi) is 7.26. The van der Waals surface area contributed by atoms with Crippen LogP contribution in [0.3, 0.4) is 0 Å². The first-order valence-electron chi connectivity index (χ1n) is 10.3. The van der Waals surface area contributed by atoms with Gasteiger partial charge in [-0.3, -0.25) is 9.89 Å². The number of rotatable bonds is 9. The first kappa shape index (κ1) is 21.9. The number of aromatic nitrogens is 2. The van der Waals surface area contributed by atoms with E-state index >= 15 is 0 Å². The number of nitrogens with zero attached hydrogens (tertiary/aromatic N) is 3. The Morgan fingerprint density at radius 1 is 1.16 bits per heavy atom. The highest BCUT2D eigenvalue weighted by Crippen LogP contribution is 2.24. The predicted octanol–water partition coefficient (Wildman–Crippen LogP) is 3.79. The molecule has 3 rings (SSSR count). The van der Waals surface area contributed by atoms with Gasteiger partial charge in [-0.2, -0.15) is 10.2 Å². The Balaban J connectivity index is 1.63. The molecule has 8 nitrogen and oxygen atoms in total. The molecule has 0 saturated carbocycles. The maximum absolute atomic E-state index is 12.3. The van der Waals surface area contributed by atoms with Crippen molar-refractivity contribution in [2.45, 2.75) is 20.8 Å². The van der Waals surface area contributed by atoms with Gasteiger partial charge < -0.3 is 14.7 Å². The molecule has 3 aromatic rings. The van der Waals surface area contributed by atoms with Crippen molar-refractivity contribution in [1.29, 1.82) is 0 Å². The van der Waals surface area contributed by atoms with Crippen molar-refractivity contribution in [3.05, 3.63) is 59.8 Å². The third-order valence-corrected chi connectivity index (χ3v) is 4.80. The van der Waals surface area contributed by atoms with Crippen LogP contribution >= 0.6 is 0 Å². The molecule has 0 atom stereocenters. The summed E-state index contributed by atoms with van der Waals surface area (Å²) in [5, 5.41) is 21.1. The summed E-state index contributed by atoms with van der Waals surface area (Å²) in [5.74, 6) is 0.449. The van der Waals surface area contributed by atoms with Crippen molar-refractivity contribution in [3.8, 4) is 22.8 Å². The van der Waals surface area contributed by atoms with Crippen LogP contribution in [0.1, 0.15) is 36.8 Å². The molecule has 31 heavy (non-hydrogen) atoms. The smallest absolute Gasteiger partial charge is 0.289 e. The third kappa shape index (κ3) is 5.42. The van der Waals surface area contributed by atoms with Gasteiger partial charge in [0.05, 0.1) is 18.5 Å². The van der Waals surface area contributed by atoms with Gasteiger partial charge in [-0.15, -0.1) is 0 Å². The molecule has 0 saturated heterocycles. The fourth-order valence-electron chi connectivity index (χ4n) is 3.12. The average molecular weight is 422 g/mol. The number of aromatic amines is 1. The lowest BCUT2D eigenvalue weighted by molar-refractivity contribution is 0.0950. The molecule has 0 unspecified atom stereocenters. The Morgan fingerprint density at radius 3 is 2.55 bits per heavy atom. The standard InChI is InChI=1S/C23H27N5O3/c1-4-28(5-2)18-10-7-17(22(29)13-18)15-24-27-23(30)21-14-20(25-26-21)16-8-11-19(12-9-16)31-6-3/h7-15,29H,4-6H2,1-3H3,(H,25,26)(H,27,30)/b24-15-. The van der Waals surface area contributed by atoms with E-state index < -0.39 is 5.91 Å². The van der Waals surface area contributed by atoms with Gasteiger partial charge in [0.1, 0.15) is 17.2 Å². The van der Waals surface area contributed by atoms with E-state index in [4.69, 9.17) is 4.74 Å².